The fourth-order valence-corrected chi connectivity index (χ4v) is 2.00. The Morgan fingerprint density at radius 3 is 2.52 bits per heavy atom. The standard InChI is InChI=1S/C18H22N2O3/c1-13(18(19)21)20-11-14-6-8-16(9-7-14)23-12-15-4-3-5-17(10-15)22-2/h3-10,13,20H,11-12H2,1-2H3,(H2,19,21). The van der Waals surface area contributed by atoms with Gasteiger partial charge in [0.1, 0.15) is 18.1 Å². The number of methoxy groups -OCH3 is 1. The van der Waals surface area contributed by atoms with Gasteiger partial charge in [0.15, 0.2) is 0 Å². The number of rotatable bonds is 8. The highest BCUT2D eigenvalue weighted by atomic mass is 16.5. The van der Waals surface area contributed by atoms with Crippen LogP contribution in [0, 0.1) is 0 Å². The number of benzene rings is 2. The first-order valence-electron chi connectivity index (χ1n) is 7.46. The van der Waals surface area contributed by atoms with E-state index in [-0.39, 0.29) is 11.9 Å². The van der Waals surface area contributed by atoms with E-state index in [0.29, 0.717) is 13.2 Å². The maximum absolute atomic E-state index is 11.0. The summed E-state index contributed by atoms with van der Waals surface area (Å²) in [4.78, 5) is 11.0. The minimum Gasteiger partial charge on any atom is -0.497 e. The second-order valence-electron chi connectivity index (χ2n) is 5.29. The third-order valence-electron chi connectivity index (χ3n) is 3.50. The van der Waals surface area contributed by atoms with Gasteiger partial charge in [-0.05, 0) is 42.3 Å². The van der Waals surface area contributed by atoms with E-state index in [1.165, 1.54) is 0 Å². The highest BCUT2D eigenvalue weighted by Gasteiger charge is 2.07. The lowest BCUT2D eigenvalue weighted by molar-refractivity contribution is -0.119. The van der Waals surface area contributed by atoms with Gasteiger partial charge in [-0.3, -0.25) is 4.79 Å². The van der Waals surface area contributed by atoms with Crippen molar-refractivity contribution in [3.05, 3.63) is 59.7 Å². The van der Waals surface area contributed by atoms with Crippen molar-refractivity contribution in [1.82, 2.24) is 5.32 Å². The molecular formula is C18H22N2O3. The molecule has 122 valence electrons. The summed E-state index contributed by atoms with van der Waals surface area (Å²) in [5.41, 5.74) is 7.32. The van der Waals surface area contributed by atoms with E-state index in [0.717, 1.165) is 22.6 Å². The monoisotopic (exact) mass is 314 g/mol. The summed E-state index contributed by atoms with van der Waals surface area (Å²) in [6.45, 7) is 2.81. The Kier molecular flexibility index (Phi) is 6.00. The van der Waals surface area contributed by atoms with E-state index < -0.39 is 0 Å². The number of hydrogen-bond donors (Lipinski definition) is 2. The topological polar surface area (TPSA) is 73.6 Å². The van der Waals surface area contributed by atoms with Gasteiger partial charge in [0, 0.05) is 6.54 Å². The third-order valence-corrected chi connectivity index (χ3v) is 3.50. The van der Waals surface area contributed by atoms with Crippen LogP contribution in [0.1, 0.15) is 18.1 Å². The zero-order valence-corrected chi connectivity index (χ0v) is 13.4. The van der Waals surface area contributed by atoms with Gasteiger partial charge in [0.05, 0.1) is 13.2 Å². The van der Waals surface area contributed by atoms with E-state index in [4.69, 9.17) is 15.2 Å². The van der Waals surface area contributed by atoms with Crippen molar-refractivity contribution < 1.29 is 14.3 Å². The number of carbonyl (C=O) groups excluding carboxylic acids is 1. The molecule has 3 N–H and O–H groups in total. The van der Waals surface area contributed by atoms with Crippen LogP contribution < -0.4 is 20.5 Å². The van der Waals surface area contributed by atoms with E-state index in [1.807, 2.05) is 48.5 Å². The molecule has 5 heteroatoms. The van der Waals surface area contributed by atoms with Crippen LogP contribution in [-0.4, -0.2) is 19.1 Å². The Morgan fingerprint density at radius 2 is 1.87 bits per heavy atom. The molecule has 2 rings (SSSR count). The molecule has 2 aromatic carbocycles. The van der Waals surface area contributed by atoms with Crippen LogP contribution >= 0.6 is 0 Å². The summed E-state index contributed by atoms with van der Waals surface area (Å²) in [7, 11) is 1.64. The third kappa shape index (κ3) is 5.30. The molecule has 23 heavy (non-hydrogen) atoms. The first-order valence-corrected chi connectivity index (χ1v) is 7.46. The van der Waals surface area contributed by atoms with Crippen LogP contribution in [0.4, 0.5) is 0 Å². The summed E-state index contributed by atoms with van der Waals surface area (Å²) >= 11 is 0. The number of primary amides is 1. The minimum absolute atomic E-state index is 0.348. The van der Waals surface area contributed by atoms with Gasteiger partial charge in [-0.15, -0.1) is 0 Å². The molecule has 0 aliphatic carbocycles. The van der Waals surface area contributed by atoms with Crippen LogP contribution in [0.3, 0.4) is 0 Å². The first-order chi connectivity index (χ1) is 11.1. The molecule has 5 nitrogen and oxygen atoms in total. The van der Waals surface area contributed by atoms with Crippen molar-refractivity contribution in [3.63, 3.8) is 0 Å². The number of hydrogen-bond acceptors (Lipinski definition) is 4. The lowest BCUT2D eigenvalue weighted by Crippen LogP contribution is -2.38. The van der Waals surface area contributed by atoms with Gasteiger partial charge in [-0.25, -0.2) is 0 Å². The van der Waals surface area contributed by atoms with Crippen molar-refractivity contribution >= 4 is 5.91 Å². The fraction of sp³-hybridized carbons (Fsp3) is 0.278. The fourth-order valence-electron chi connectivity index (χ4n) is 2.00. The second-order valence-corrected chi connectivity index (χ2v) is 5.29. The zero-order valence-electron chi connectivity index (χ0n) is 13.4. The minimum atomic E-state index is -0.358. The lowest BCUT2D eigenvalue weighted by atomic mass is 10.2. The van der Waals surface area contributed by atoms with Gasteiger partial charge in [0.2, 0.25) is 5.91 Å². The van der Waals surface area contributed by atoms with Crippen molar-refractivity contribution in [2.24, 2.45) is 5.73 Å². The van der Waals surface area contributed by atoms with Gasteiger partial charge in [0.25, 0.3) is 0 Å². The van der Waals surface area contributed by atoms with Crippen molar-refractivity contribution in [2.75, 3.05) is 7.11 Å². The highest BCUT2D eigenvalue weighted by molar-refractivity contribution is 5.79. The maximum Gasteiger partial charge on any atom is 0.234 e. The average Bonchev–Trinajstić information content (AvgIpc) is 2.58. The Hall–Kier alpha value is -2.53. The Labute approximate surface area is 136 Å². The van der Waals surface area contributed by atoms with E-state index in [1.54, 1.807) is 14.0 Å². The molecule has 1 amide bonds. The normalized spacial score (nSPS) is 11.7. The number of nitrogens with two attached hydrogens (primary N) is 1. The van der Waals surface area contributed by atoms with E-state index in [9.17, 15) is 4.79 Å². The summed E-state index contributed by atoms with van der Waals surface area (Å²) in [6.07, 6.45) is 0. The van der Waals surface area contributed by atoms with Crippen LogP contribution in [0.2, 0.25) is 0 Å². The van der Waals surface area contributed by atoms with Gasteiger partial charge in [-0.1, -0.05) is 24.3 Å². The molecule has 0 heterocycles. The first kappa shape index (κ1) is 16.8. The molecule has 2 aromatic rings. The molecule has 1 atom stereocenters. The van der Waals surface area contributed by atoms with Crippen LogP contribution in [0.25, 0.3) is 0 Å². The molecule has 1 unspecified atom stereocenters. The molecule has 0 spiro atoms. The van der Waals surface area contributed by atoms with Crippen LogP contribution in [-0.2, 0) is 17.9 Å². The average molecular weight is 314 g/mol. The highest BCUT2D eigenvalue weighted by Crippen LogP contribution is 2.17. The Morgan fingerprint density at radius 1 is 1.13 bits per heavy atom. The molecule has 0 fully saturated rings. The molecule has 0 aliphatic rings. The van der Waals surface area contributed by atoms with Crippen LogP contribution in [0.15, 0.2) is 48.5 Å². The zero-order chi connectivity index (χ0) is 16.7. The van der Waals surface area contributed by atoms with Crippen LogP contribution in [0.5, 0.6) is 11.5 Å². The van der Waals surface area contributed by atoms with Crippen molar-refractivity contribution in [1.29, 1.82) is 0 Å². The predicted molar refractivity (Wildman–Crippen MR) is 89.3 cm³/mol. The maximum atomic E-state index is 11.0. The van der Waals surface area contributed by atoms with Crippen molar-refractivity contribution in [3.8, 4) is 11.5 Å². The van der Waals surface area contributed by atoms with Gasteiger partial charge in [-0.2, -0.15) is 0 Å². The Balaban J connectivity index is 1.86. The summed E-state index contributed by atoms with van der Waals surface area (Å²) < 4.78 is 11.0. The lowest BCUT2D eigenvalue weighted by Gasteiger charge is -2.11. The quantitative estimate of drug-likeness (QED) is 0.784. The van der Waals surface area contributed by atoms with Crippen molar-refractivity contribution in [2.45, 2.75) is 26.1 Å². The van der Waals surface area contributed by atoms with E-state index >= 15 is 0 Å². The summed E-state index contributed by atoms with van der Waals surface area (Å²) in [6, 6.07) is 15.2. The summed E-state index contributed by atoms with van der Waals surface area (Å²) in [5.74, 6) is 1.25. The Bertz CT molecular complexity index is 641. The van der Waals surface area contributed by atoms with Gasteiger partial charge >= 0.3 is 0 Å². The molecule has 0 saturated carbocycles. The SMILES string of the molecule is COc1cccc(COc2ccc(CNC(C)C(N)=O)cc2)c1. The largest absolute Gasteiger partial charge is 0.497 e. The number of nitrogens with one attached hydrogen (secondary N) is 1. The van der Waals surface area contributed by atoms with E-state index in [2.05, 4.69) is 5.32 Å². The number of amides is 1. The number of carbonyl (C=O) groups is 1. The second kappa shape index (κ2) is 8.19. The predicted octanol–water partition coefficient (Wildman–Crippen LogP) is 2.24. The van der Waals surface area contributed by atoms with Gasteiger partial charge < -0.3 is 20.5 Å². The smallest absolute Gasteiger partial charge is 0.234 e. The molecular weight excluding hydrogens is 292 g/mol. The molecule has 0 aromatic heterocycles. The molecule has 0 saturated heterocycles. The molecule has 0 radical (unpaired) electrons. The number of ether oxygens (including phenoxy) is 2. The summed E-state index contributed by atoms with van der Waals surface area (Å²) in [5, 5.41) is 3.06. The molecule has 0 aliphatic heterocycles. The molecule has 0 bridgehead atoms.